The third-order valence-electron chi connectivity index (χ3n) is 3.48. The fraction of sp³-hybridized carbons (Fsp3) is 0.929. The first kappa shape index (κ1) is 15.8. The Labute approximate surface area is 116 Å². The zero-order valence-electron chi connectivity index (χ0n) is 11.8. The molecule has 1 atom stereocenters. The molecule has 0 aromatic heterocycles. The van der Waals surface area contributed by atoms with Crippen molar-refractivity contribution in [1.82, 2.24) is 10.6 Å². The van der Waals surface area contributed by atoms with E-state index in [1.54, 1.807) is 0 Å². The monoisotopic (exact) mass is 272 g/mol. The van der Waals surface area contributed by atoms with Crippen molar-refractivity contribution in [3.8, 4) is 0 Å². The summed E-state index contributed by atoms with van der Waals surface area (Å²) in [6.45, 7) is 4.80. The fourth-order valence-electron chi connectivity index (χ4n) is 2.30. The van der Waals surface area contributed by atoms with E-state index in [1.807, 2.05) is 11.8 Å². The molecule has 3 nitrogen and oxygen atoms in total. The number of thioether (sulfide) groups is 1. The van der Waals surface area contributed by atoms with Gasteiger partial charge in [-0.2, -0.15) is 11.8 Å². The van der Waals surface area contributed by atoms with Crippen LogP contribution in [0.25, 0.3) is 0 Å². The van der Waals surface area contributed by atoms with Crippen LogP contribution in [0.1, 0.15) is 52.4 Å². The SMILES string of the molecule is CCSCCC(C)NCC(=O)NC1CCCCC1. The molecule has 2 N–H and O–H groups in total. The summed E-state index contributed by atoms with van der Waals surface area (Å²) >= 11 is 1.96. The number of nitrogens with one attached hydrogen (secondary N) is 2. The van der Waals surface area contributed by atoms with Crippen molar-refractivity contribution in [3.05, 3.63) is 0 Å². The minimum Gasteiger partial charge on any atom is -0.352 e. The molecule has 1 aliphatic carbocycles. The van der Waals surface area contributed by atoms with Crippen LogP contribution in [0.2, 0.25) is 0 Å². The van der Waals surface area contributed by atoms with Crippen LogP contribution in [0.5, 0.6) is 0 Å². The minimum absolute atomic E-state index is 0.164. The highest BCUT2D eigenvalue weighted by molar-refractivity contribution is 7.99. The lowest BCUT2D eigenvalue weighted by molar-refractivity contribution is -0.121. The van der Waals surface area contributed by atoms with Crippen LogP contribution in [0.15, 0.2) is 0 Å². The Bertz CT molecular complexity index is 230. The van der Waals surface area contributed by atoms with E-state index in [9.17, 15) is 4.79 Å². The van der Waals surface area contributed by atoms with E-state index in [0.29, 0.717) is 18.6 Å². The van der Waals surface area contributed by atoms with Crippen molar-refractivity contribution in [3.63, 3.8) is 0 Å². The van der Waals surface area contributed by atoms with Gasteiger partial charge in [0.1, 0.15) is 0 Å². The van der Waals surface area contributed by atoms with Crippen molar-refractivity contribution < 1.29 is 4.79 Å². The van der Waals surface area contributed by atoms with Crippen LogP contribution in [-0.4, -0.2) is 36.0 Å². The molecule has 0 aromatic carbocycles. The fourth-order valence-corrected chi connectivity index (χ4v) is 3.11. The van der Waals surface area contributed by atoms with E-state index < -0.39 is 0 Å². The topological polar surface area (TPSA) is 41.1 Å². The third-order valence-corrected chi connectivity index (χ3v) is 4.41. The number of hydrogen-bond acceptors (Lipinski definition) is 3. The van der Waals surface area contributed by atoms with Crippen LogP contribution in [-0.2, 0) is 4.79 Å². The van der Waals surface area contributed by atoms with Gasteiger partial charge in [0.15, 0.2) is 0 Å². The number of amides is 1. The summed E-state index contributed by atoms with van der Waals surface area (Å²) in [6.07, 6.45) is 7.32. The Morgan fingerprint density at radius 1 is 1.33 bits per heavy atom. The number of rotatable bonds is 8. The molecular weight excluding hydrogens is 244 g/mol. The molecule has 1 rings (SSSR count). The van der Waals surface area contributed by atoms with Crippen LogP contribution in [0.3, 0.4) is 0 Å². The first-order valence-corrected chi connectivity index (χ1v) is 8.48. The molecule has 1 amide bonds. The Morgan fingerprint density at radius 3 is 2.72 bits per heavy atom. The molecule has 1 saturated carbocycles. The first-order chi connectivity index (χ1) is 8.72. The second-order valence-corrected chi connectivity index (χ2v) is 6.56. The Hall–Kier alpha value is -0.220. The Balaban J connectivity index is 2.04. The molecule has 18 heavy (non-hydrogen) atoms. The van der Waals surface area contributed by atoms with Gasteiger partial charge in [-0.05, 0) is 37.7 Å². The van der Waals surface area contributed by atoms with E-state index in [-0.39, 0.29) is 5.91 Å². The average molecular weight is 272 g/mol. The highest BCUT2D eigenvalue weighted by Crippen LogP contribution is 2.17. The summed E-state index contributed by atoms with van der Waals surface area (Å²) < 4.78 is 0. The van der Waals surface area contributed by atoms with Gasteiger partial charge in [-0.3, -0.25) is 4.79 Å². The molecule has 1 unspecified atom stereocenters. The lowest BCUT2D eigenvalue weighted by atomic mass is 9.95. The van der Waals surface area contributed by atoms with E-state index in [0.717, 1.165) is 19.3 Å². The third kappa shape index (κ3) is 7.27. The van der Waals surface area contributed by atoms with Gasteiger partial charge in [0.25, 0.3) is 0 Å². The van der Waals surface area contributed by atoms with Crippen molar-refractivity contribution in [2.45, 2.75) is 64.5 Å². The molecule has 4 heteroatoms. The zero-order valence-corrected chi connectivity index (χ0v) is 12.7. The van der Waals surface area contributed by atoms with Crippen LogP contribution in [0, 0.1) is 0 Å². The first-order valence-electron chi connectivity index (χ1n) is 7.33. The largest absolute Gasteiger partial charge is 0.352 e. The van der Waals surface area contributed by atoms with Crippen LogP contribution in [0.4, 0.5) is 0 Å². The van der Waals surface area contributed by atoms with Crippen LogP contribution < -0.4 is 10.6 Å². The Morgan fingerprint density at radius 2 is 2.06 bits per heavy atom. The van der Waals surface area contributed by atoms with Gasteiger partial charge in [-0.1, -0.05) is 26.2 Å². The summed E-state index contributed by atoms with van der Waals surface area (Å²) in [5.41, 5.74) is 0. The van der Waals surface area contributed by atoms with Crippen molar-refractivity contribution in [2.75, 3.05) is 18.1 Å². The second-order valence-electron chi connectivity index (χ2n) is 5.17. The summed E-state index contributed by atoms with van der Waals surface area (Å²) in [6, 6.07) is 0.861. The van der Waals surface area contributed by atoms with Gasteiger partial charge in [0.05, 0.1) is 6.54 Å². The van der Waals surface area contributed by atoms with Crippen molar-refractivity contribution in [1.29, 1.82) is 0 Å². The number of carbonyl (C=O) groups is 1. The van der Waals surface area contributed by atoms with E-state index in [1.165, 1.54) is 30.8 Å². The van der Waals surface area contributed by atoms with Gasteiger partial charge < -0.3 is 10.6 Å². The van der Waals surface area contributed by atoms with Gasteiger partial charge in [0, 0.05) is 12.1 Å². The predicted molar refractivity (Wildman–Crippen MR) is 80.1 cm³/mol. The zero-order chi connectivity index (χ0) is 13.2. The molecule has 0 radical (unpaired) electrons. The molecule has 1 fully saturated rings. The van der Waals surface area contributed by atoms with Crippen molar-refractivity contribution >= 4 is 17.7 Å². The summed E-state index contributed by atoms with van der Waals surface area (Å²) in [5.74, 6) is 2.51. The lowest BCUT2D eigenvalue weighted by Gasteiger charge is -2.23. The smallest absolute Gasteiger partial charge is 0.234 e. The molecule has 1 aliphatic rings. The number of hydrogen-bond donors (Lipinski definition) is 2. The van der Waals surface area contributed by atoms with Gasteiger partial charge in [-0.15, -0.1) is 0 Å². The Kier molecular flexibility index (Phi) is 8.51. The number of carbonyl (C=O) groups excluding carboxylic acids is 1. The molecule has 0 spiro atoms. The van der Waals surface area contributed by atoms with E-state index >= 15 is 0 Å². The highest BCUT2D eigenvalue weighted by Gasteiger charge is 2.15. The normalized spacial score (nSPS) is 18.6. The molecule has 106 valence electrons. The highest BCUT2D eigenvalue weighted by atomic mass is 32.2. The molecule has 0 aromatic rings. The van der Waals surface area contributed by atoms with E-state index in [2.05, 4.69) is 24.5 Å². The standard InChI is InChI=1S/C14H28N2OS/c1-3-18-10-9-12(2)15-11-14(17)16-13-7-5-4-6-8-13/h12-13,15H,3-11H2,1-2H3,(H,16,17). The minimum atomic E-state index is 0.164. The summed E-state index contributed by atoms with van der Waals surface area (Å²) in [4.78, 5) is 11.8. The molecule has 0 heterocycles. The second kappa shape index (κ2) is 9.68. The van der Waals surface area contributed by atoms with Gasteiger partial charge in [0.2, 0.25) is 5.91 Å². The summed E-state index contributed by atoms with van der Waals surface area (Å²) in [7, 11) is 0. The quantitative estimate of drug-likeness (QED) is 0.667. The predicted octanol–water partition coefficient (Wildman–Crippen LogP) is 2.56. The van der Waals surface area contributed by atoms with Gasteiger partial charge >= 0.3 is 0 Å². The maximum absolute atomic E-state index is 11.8. The maximum atomic E-state index is 11.8. The van der Waals surface area contributed by atoms with Crippen molar-refractivity contribution in [2.24, 2.45) is 0 Å². The lowest BCUT2D eigenvalue weighted by Crippen LogP contribution is -2.43. The van der Waals surface area contributed by atoms with Gasteiger partial charge in [-0.25, -0.2) is 0 Å². The molecule has 0 bridgehead atoms. The maximum Gasteiger partial charge on any atom is 0.234 e. The van der Waals surface area contributed by atoms with Crippen LogP contribution >= 0.6 is 11.8 Å². The summed E-state index contributed by atoms with van der Waals surface area (Å²) in [5, 5.41) is 6.44. The average Bonchev–Trinajstić information content (AvgIpc) is 2.38. The molecule has 0 aliphatic heterocycles. The van der Waals surface area contributed by atoms with E-state index in [4.69, 9.17) is 0 Å². The molecular formula is C14H28N2OS. The molecule has 0 saturated heterocycles.